The molecule has 2 N–H and O–H groups in total. The number of hydrogen-bond acceptors (Lipinski definition) is 3. The molecular weight excluding hydrogens is 434 g/mol. The Kier molecular flexibility index (Phi) is 5.85. The first-order valence-electron chi connectivity index (χ1n) is 9.54. The molecule has 0 aliphatic carbocycles. The van der Waals surface area contributed by atoms with Gasteiger partial charge in [-0.15, -0.1) is 0 Å². The van der Waals surface area contributed by atoms with Crippen molar-refractivity contribution in [1.82, 2.24) is 4.90 Å². The van der Waals surface area contributed by atoms with Crippen LogP contribution >= 0.6 is 15.9 Å². The molecule has 1 aromatic rings. The van der Waals surface area contributed by atoms with Crippen molar-refractivity contribution in [1.29, 1.82) is 0 Å². The van der Waals surface area contributed by atoms with Gasteiger partial charge in [-0.3, -0.25) is 0 Å². The van der Waals surface area contributed by atoms with Gasteiger partial charge in [0.25, 0.3) is 0 Å². The van der Waals surface area contributed by atoms with Crippen LogP contribution in [-0.2, 0) is 15.0 Å². The average Bonchev–Trinajstić information content (AvgIpc) is 2.50. The van der Waals surface area contributed by atoms with Crippen molar-refractivity contribution >= 4 is 27.9 Å². The third-order valence-electron chi connectivity index (χ3n) is 5.63. The highest BCUT2D eigenvalue weighted by Crippen LogP contribution is 2.57. The number of halogens is 1. The quantitative estimate of drug-likeness (QED) is 0.612. The van der Waals surface area contributed by atoms with E-state index < -0.39 is 28.3 Å². The Labute approximate surface area is 181 Å². The van der Waals surface area contributed by atoms with E-state index in [4.69, 9.17) is 0 Å². The summed E-state index contributed by atoms with van der Waals surface area (Å²) in [5, 5.41) is 20.8. The molecule has 2 rings (SSSR count). The van der Waals surface area contributed by atoms with Crippen molar-refractivity contribution in [2.45, 2.75) is 66.3 Å². The minimum Gasteiger partial charge on any atom is -0.478 e. The van der Waals surface area contributed by atoms with Crippen LogP contribution in [0.5, 0.6) is 0 Å². The normalized spacial score (nSPS) is 17.6. The molecule has 6 heteroatoms. The minimum atomic E-state index is -1.34. The van der Waals surface area contributed by atoms with Gasteiger partial charge in [0.15, 0.2) is 0 Å². The van der Waals surface area contributed by atoms with Crippen LogP contribution in [0, 0.1) is 5.41 Å². The first-order chi connectivity index (χ1) is 13.1. The lowest BCUT2D eigenvalue weighted by Crippen LogP contribution is -2.55. The van der Waals surface area contributed by atoms with Crippen LogP contribution in [0.25, 0.3) is 0 Å². The molecule has 0 unspecified atom stereocenters. The minimum absolute atomic E-state index is 0.0982. The molecule has 0 aromatic heterocycles. The fourth-order valence-corrected chi connectivity index (χ4v) is 5.37. The number of allylic oxidation sites excluding steroid dienone is 2. The molecule has 5 nitrogen and oxygen atoms in total. The van der Waals surface area contributed by atoms with E-state index in [1.54, 1.807) is 13.8 Å². The molecule has 1 aromatic carbocycles. The molecule has 1 heterocycles. The van der Waals surface area contributed by atoms with Crippen molar-refractivity contribution < 1.29 is 19.8 Å². The largest absolute Gasteiger partial charge is 0.478 e. The first kappa shape index (κ1) is 23.2. The van der Waals surface area contributed by atoms with Gasteiger partial charge in [0.1, 0.15) is 0 Å². The van der Waals surface area contributed by atoms with Crippen molar-refractivity contribution in [2.75, 3.05) is 0 Å². The molecule has 0 atom stereocenters. The summed E-state index contributed by atoms with van der Waals surface area (Å²) >= 11 is 3.47. The zero-order chi connectivity index (χ0) is 22.5. The van der Waals surface area contributed by atoms with Gasteiger partial charge in [-0.05, 0) is 57.7 Å². The standard InChI is InChI=1S/C23H30BrNO4/c1-13-17(19(26)27)23(21(3,4)5,15-10-9-11-16(24)12-15)18(20(28)29)14(2)25(13)22(6,7)8/h9-12H,1-8H3,(H,26,27)(H,28,29). The van der Waals surface area contributed by atoms with Crippen LogP contribution in [0.15, 0.2) is 51.3 Å². The maximum absolute atomic E-state index is 12.7. The Bertz CT molecular complexity index is 891. The summed E-state index contributed by atoms with van der Waals surface area (Å²) in [6, 6.07) is 7.30. The molecule has 0 radical (unpaired) electrons. The number of carbonyl (C=O) groups is 2. The van der Waals surface area contributed by atoms with Gasteiger partial charge in [0, 0.05) is 21.4 Å². The Hall–Kier alpha value is -2.08. The molecule has 0 bridgehead atoms. The molecule has 1 aliphatic heterocycles. The number of carboxylic acid groups (broad SMARTS) is 2. The molecule has 0 saturated heterocycles. The van der Waals surface area contributed by atoms with E-state index >= 15 is 0 Å². The third kappa shape index (κ3) is 3.52. The van der Waals surface area contributed by atoms with Crippen molar-refractivity contribution in [3.8, 4) is 0 Å². The van der Waals surface area contributed by atoms with Gasteiger partial charge in [0.2, 0.25) is 0 Å². The third-order valence-corrected chi connectivity index (χ3v) is 6.12. The second-order valence-corrected chi connectivity index (χ2v) is 10.5. The molecule has 0 spiro atoms. The number of hydrogen-bond donors (Lipinski definition) is 2. The summed E-state index contributed by atoms with van der Waals surface area (Å²) in [4.78, 5) is 27.3. The summed E-state index contributed by atoms with van der Waals surface area (Å²) in [6.07, 6.45) is 0. The number of nitrogens with zero attached hydrogens (tertiary/aromatic N) is 1. The van der Waals surface area contributed by atoms with Crippen LogP contribution in [-0.4, -0.2) is 32.6 Å². The fraction of sp³-hybridized carbons (Fsp3) is 0.478. The molecular formula is C23H30BrNO4. The summed E-state index contributed by atoms with van der Waals surface area (Å²) in [6.45, 7) is 15.1. The lowest BCUT2D eigenvalue weighted by atomic mass is 9.53. The smallest absolute Gasteiger partial charge is 0.334 e. The van der Waals surface area contributed by atoms with Crippen LogP contribution in [0.1, 0.15) is 61.0 Å². The fourth-order valence-electron chi connectivity index (χ4n) is 4.97. The monoisotopic (exact) mass is 463 g/mol. The average molecular weight is 464 g/mol. The van der Waals surface area contributed by atoms with E-state index in [-0.39, 0.29) is 11.1 Å². The number of rotatable bonds is 3. The molecule has 0 saturated carbocycles. The Morgan fingerprint density at radius 2 is 1.38 bits per heavy atom. The maximum Gasteiger partial charge on any atom is 0.334 e. The van der Waals surface area contributed by atoms with Crippen LogP contribution < -0.4 is 0 Å². The van der Waals surface area contributed by atoms with E-state index in [2.05, 4.69) is 15.9 Å². The van der Waals surface area contributed by atoms with E-state index in [0.29, 0.717) is 17.0 Å². The molecule has 0 fully saturated rings. The van der Waals surface area contributed by atoms with Gasteiger partial charge in [-0.1, -0.05) is 48.8 Å². The predicted molar refractivity (Wildman–Crippen MR) is 118 cm³/mol. The van der Waals surface area contributed by atoms with E-state index in [0.717, 1.165) is 4.47 Å². The lowest BCUT2D eigenvalue weighted by molar-refractivity contribution is -0.135. The summed E-state index contributed by atoms with van der Waals surface area (Å²) in [7, 11) is 0. The molecule has 1 aliphatic rings. The maximum atomic E-state index is 12.7. The number of aliphatic carboxylic acids is 2. The Morgan fingerprint density at radius 1 is 0.931 bits per heavy atom. The van der Waals surface area contributed by atoms with Crippen LogP contribution in [0.4, 0.5) is 0 Å². The predicted octanol–water partition coefficient (Wildman–Crippen LogP) is 5.56. The molecule has 29 heavy (non-hydrogen) atoms. The summed E-state index contributed by atoms with van der Waals surface area (Å²) in [5.41, 5.74) is -0.614. The summed E-state index contributed by atoms with van der Waals surface area (Å²) in [5.74, 6) is -2.23. The van der Waals surface area contributed by atoms with E-state index in [1.807, 2.05) is 70.7 Å². The SMILES string of the molecule is CC1=C(C(=O)O)C(c2cccc(Br)c2)(C(C)(C)C)C(C(=O)O)=C(C)N1C(C)(C)C. The topological polar surface area (TPSA) is 77.8 Å². The highest BCUT2D eigenvalue weighted by Gasteiger charge is 2.58. The Balaban J connectivity index is 3.21. The van der Waals surface area contributed by atoms with Crippen molar-refractivity contribution in [2.24, 2.45) is 5.41 Å². The van der Waals surface area contributed by atoms with Gasteiger partial charge in [0.05, 0.1) is 16.6 Å². The van der Waals surface area contributed by atoms with Gasteiger partial charge >= 0.3 is 11.9 Å². The number of benzene rings is 1. The van der Waals surface area contributed by atoms with Gasteiger partial charge in [-0.25, -0.2) is 9.59 Å². The second-order valence-electron chi connectivity index (χ2n) is 9.55. The van der Waals surface area contributed by atoms with Crippen molar-refractivity contribution in [3.63, 3.8) is 0 Å². The highest BCUT2D eigenvalue weighted by molar-refractivity contribution is 9.10. The summed E-state index contributed by atoms with van der Waals surface area (Å²) < 4.78 is 0.765. The highest BCUT2D eigenvalue weighted by atomic mass is 79.9. The van der Waals surface area contributed by atoms with Gasteiger partial charge < -0.3 is 15.1 Å². The first-order valence-corrected chi connectivity index (χ1v) is 10.3. The Morgan fingerprint density at radius 3 is 1.69 bits per heavy atom. The lowest BCUT2D eigenvalue weighted by Gasteiger charge is -2.54. The van der Waals surface area contributed by atoms with Crippen molar-refractivity contribution in [3.05, 3.63) is 56.8 Å². The number of carboxylic acids is 2. The zero-order valence-corrected chi connectivity index (χ0v) is 19.9. The van der Waals surface area contributed by atoms with Crippen LogP contribution in [0.3, 0.4) is 0 Å². The second kappa shape index (κ2) is 7.31. The molecule has 158 valence electrons. The van der Waals surface area contributed by atoms with Gasteiger partial charge in [-0.2, -0.15) is 0 Å². The van der Waals surface area contributed by atoms with Crippen LogP contribution in [0.2, 0.25) is 0 Å². The molecule has 0 amide bonds. The zero-order valence-electron chi connectivity index (χ0n) is 18.3. The van der Waals surface area contributed by atoms with E-state index in [1.165, 1.54) is 0 Å². The van der Waals surface area contributed by atoms with E-state index in [9.17, 15) is 19.8 Å².